The maximum Gasteiger partial charge on any atom is 0.359 e. The van der Waals surface area contributed by atoms with Crippen molar-refractivity contribution >= 4 is 7.60 Å². The van der Waals surface area contributed by atoms with Gasteiger partial charge in [-0.1, -0.05) is 0 Å². The summed E-state index contributed by atoms with van der Waals surface area (Å²) in [6, 6.07) is 0.0213. The zero-order valence-corrected chi connectivity index (χ0v) is 13.8. The summed E-state index contributed by atoms with van der Waals surface area (Å²) < 4.78 is 34.6. The van der Waals surface area contributed by atoms with Crippen LogP contribution in [0.1, 0.15) is 33.1 Å². The Kier molecular flexibility index (Phi) is 7.65. The average Bonchev–Trinajstić information content (AvgIpc) is 2.39. The Morgan fingerprint density at radius 1 is 1.15 bits per heavy atom. The number of nitrogens with two attached hydrogens (primary N) is 1. The lowest BCUT2D eigenvalue weighted by Gasteiger charge is -2.38. The molecule has 1 rings (SSSR count). The minimum atomic E-state index is -3.29. The highest BCUT2D eigenvalue weighted by molar-refractivity contribution is 7.54. The number of ether oxygens (including phenoxy) is 2. The first kappa shape index (κ1) is 18.1. The zero-order chi connectivity index (χ0) is 15.2. The normalized spacial score (nSPS) is 29.4. The number of hydrogen-bond donors (Lipinski definition) is 1. The molecule has 0 bridgehead atoms. The highest BCUT2D eigenvalue weighted by atomic mass is 31.2. The van der Waals surface area contributed by atoms with Crippen LogP contribution in [0.4, 0.5) is 0 Å². The Morgan fingerprint density at radius 2 is 1.75 bits per heavy atom. The molecule has 0 aromatic heterocycles. The van der Waals surface area contributed by atoms with Gasteiger partial charge in [0.2, 0.25) is 0 Å². The Morgan fingerprint density at radius 3 is 2.20 bits per heavy atom. The number of hydrogen-bond acceptors (Lipinski definition) is 6. The van der Waals surface area contributed by atoms with Crippen molar-refractivity contribution in [2.75, 3.05) is 27.4 Å². The summed E-state index contributed by atoms with van der Waals surface area (Å²) in [5.74, 6) is -0.580. The van der Waals surface area contributed by atoms with Crippen molar-refractivity contribution in [3.8, 4) is 0 Å². The van der Waals surface area contributed by atoms with Crippen molar-refractivity contribution < 1.29 is 23.1 Å². The molecule has 1 saturated carbocycles. The summed E-state index contributed by atoms with van der Waals surface area (Å²) in [6.45, 7) is 4.24. The standard InChI is InChI=1S/C13H28NO5P/c1-5-18-20(15,19-6-2)13(17-4)10-7-11(14)9-12(8-10)16-3/h10-13H,5-9,14H2,1-4H3. The van der Waals surface area contributed by atoms with E-state index in [1.807, 2.05) is 0 Å². The third kappa shape index (κ3) is 4.52. The van der Waals surface area contributed by atoms with Crippen LogP contribution in [0.5, 0.6) is 0 Å². The average molecular weight is 309 g/mol. The fraction of sp³-hybridized carbons (Fsp3) is 1.00. The van der Waals surface area contributed by atoms with E-state index in [1.54, 1.807) is 21.0 Å². The van der Waals surface area contributed by atoms with Gasteiger partial charge in [-0.2, -0.15) is 0 Å². The molecule has 20 heavy (non-hydrogen) atoms. The predicted molar refractivity (Wildman–Crippen MR) is 77.8 cm³/mol. The molecule has 120 valence electrons. The molecule has 1 fully saturated rings. The van der Waals surface area contributed by atoms with Crippen molar-refractivity contribution in [2.24, 2.45) is 11.7 Å². The van der Waals surface area contributed by atoms with E-state index in [1.165, 1.54) is 7.11 Å². The lowest BCUT2D eigenvalue weighted by atomic mass is 9.84. The summed E-state index contributed by atoms with van der Waals surface area (Å²) in [6.07, 6.45) is 2.38. The van der Waals surface area contributed by atoms with Gasteiger partial charge < -0.3 is 24.3 Å². The minimum absolute atomic E-state index is 0.0117. The molecule has 0 amide bonds. The van der Waals surface area contributed by atoms with Gasteiger partial charge in [-0.3, -0.25) is 4.57 Å². The van der Waals surface area contributed by atoms with Gasteiger partial charge in [-0.25, -0.2) is 0 Å². The van der Waals surface area contributed by atoms with Gasteiger partial charge in [-0.15, -0.1) is 0 Å². The molecular formula is C13H28NO5P. The third-order valence-electron chi connectivity index (χ3n) is 3.64. The lowest BCUT2D eigenvalue weighted by Crippen LogP contribution is -2.41. The fourth-order valence-corrected chi connectivity index (χ4v) is 5.01. The predicted octanol–water partition coefficient (Wildman–Crippen LogP) is 2.37. The highest BCUT2D eigenvalue weighted by Gasteiger charge is 2.44. The molecule has 0 radical (unpaired) electrons. The van der Waals surface area contributed by atoms with Crippen molar-refractivity contribution in [3.05, 3.63) is 0 Å². The molecule has 1 aliphatic carbocycles. The largest absolute Gasteiger partial charge is 0.381 e. The molecular weight excluding hydrogens is 281 g/mol. The number of methoxy groups -OCH3 is 2. The van der Waals surface area contributed by atoms with Crippen molar-refractivity contribution in [2.45, 2.75) is 51.1 Å². The Bertz CT molecular complexity index is 318. The Labute approximate surface area is 121 Å². The van der Waals surface area contributed by atoms with E-state index in [-0.39, 0.29) is 18.1 Å². The first-order valence-electron chi connectivity index (χ1n) is 7.20. The molecule has 4 atom stereocenters. The van der Waals surface area contributed by atoms with E-state index >= 15 is 0 Å². The SMILES string of the molecule is CCOP(=O)(OCC)C(OC)C1CC(N)CC(OC)C1. The van der Waals surface area contributed by atoms with Crippen molar-refractivity contribution in [1.82, 2.24) is 0 Å². The molecule has 6 nitrogen and oxygen atoms in total. The highest BCUT2D eigenvalue weighted by Crippen LogP contribution is 2.57. The van der Waals surface area contributed by atoms with Gasteiger partial charge in [0, 0.05) is 26.2 Å². The molecule has 7 heteroatoms. The molecule has 0 aromatic carbocycles. The van der Waals surface area contributed by atoms with Crippen LogP contribution in [0.3, 0.4) is 0 Å². The van der Waals surface area contributed by atoms with E-state index in [4.69, 9.17) is 24.3 Å². The van der Waals surface area contributed by atoms with Crippen LogP contribution in [-0.2, 0) is 23.1 Å². The van der Waals surface area contributed by atoms with Gasteiger partial charge >= 0.3 is 7.60 Å². The Hall–Kier alpha value is 0.0300. The summed E-state index contributed by atoms with van der Waals surface area (Å²) in [7, 11) is -0.0829. The molecule has 0 aliphatic heterocycles. The molecule has 0 saturated heterocycles. The van der Waals surface area contributed by atoms with Gasteiger partial charge in [0.05, 0.1) is 19.3 Å². The van der Waals surface area contributed by atoms with Crippen LogP contribution < -0.4 is 5.73 Å². The molecule has 4 unspecified atom stereocenters. The molecule has 0 heterocycles. The maximum atomic E-state index is 12.9. The van der Waals surface area contributed by atoms with Crippen LogP contribution in [-0.4, -0.2) is 45.4 Å². The molecule has 2 N–H and O–H groups in total. The zero-order valence-electron chi connectivity index (χ0n) is 12.9. The minimum Gasteiger partial charge on any atom is -0.381 e. The van der Waals surface area contributed by atoms with E-state index in [2.05, 4.69) is 0 Å². The van der Waals surface area contributed by atoms with E-state index in [0.717, 1.165) is 19.3 Å². The van der Waals surface area contributed by atoms with Crippen LogP contribution in [0, 0.1) is 5.92 Å². The number of rotatable bonds is 8. The second-order valence-corrected chi connectivity index (χ2v) is 7.19. The lowest BCUT2D eigenvalue weighted by molar-refractivity contribution is -0.00152. The third-order valence-corrected chi connectivity index (χ3v) is 6.14. The Balaban J connectivity index is 2.88. The van der Waals surface area contributed by atoms with Crippen molar-refractivity contribution in [1.29, 1.82) is 0 Å². The van der Waals surface area contributed by atoms with Gasteiger partial charge in [0.1, 0.15) is 0 Å². The molecule has 0 aromatic rings. The molecule has 0 spiro atoms. The fourth-order valence-electron chi connectivity index (χ4n) is 2.90. The first-order valence-corrected chi connectivity index (χ1v) is 8.81. The smallest absolute Gasteiger partial charge is 0.359 e. The van der Waals surface area contributed by atoms with Gasteiger partial charge in [0.15, 0.2) is 5.85 Å². The topological polar surface area (TPSA) is 80.0 Å². The van der Waals surface area contributed by atoms with Gasteiger partial charge in [-0.05, 0) is 33.1 Å². The van der Waals surface area contributed by atoms with E-state index in [0.29, 0.717) is 13.2 Å². The summed E-state index contributed by atoms with van der Waals surface area (Å²) >= 11 is 0. The summed E-state index contributed by atoms with van der Waals surface area (Å²) in [5, 5.41) is 0. The van der Waals surface area contributed by atoms with Crippen LogP contribution in [0.15, 0.2) is 0 Å². The van der Waals surface area contributed by atoms with Crippen molar-refractivity contribution in [3.63, 3.8) is 0 Å². The van der Waals surface area contributed by atoms with Crippen LogP contribution in [0.2, 0.25) is 0 Å². The van der Waals surface area contributed by atoms with E-state index < -0.39 is 13.4 Å². The van der Waals surface area contributed by atoms with Gasteiger partial charge in [0.25, 0.3) is 0 Å². The quantitative estimate of drug-likeness (QED) is 0.693. The maximum absolute atomic E-state index is 12.9. The summed E-state index contributed by atoms with van der Waals surface area (Å²) in [4.78, 5) is 0. The van der Waals surface area contributed by atoms with Crippen LogP contribution in [0.25, 0.3) is 0 Å². The second kappa shape index (κ2) is 8.47. The first-order chi connectivity index (χ1) is 9.50. The summed E-state index contributed by atoms with van der Waals surface area (Å²) in [5.41, 5.74) is 6.07. The van der Waals surface area contributed by atoms with Crippen LogP contribution >= 0.6 is 7.60 Å². The van der Waals surface area contributed by atoms with E-state index in [9.17, 15) is 4.57 Å². The molecule has 1 aliphatic rings. The second-order valence-electron chi connectivity index (χ2n) is 5.09. The monoisotopic (exact) mass is 309 g/mol.